The first-order chi connectivity index (χ1) is 13.2. The van der Waals surface area contributed by atoms with E-state index in [1.807, 2.05) is 32.0 Å². The van der Waals surface area contributed by atoms with Crippen molar-refractivity contribution >= 4 is 11.6 Å². The van der Waals surface area contributed by atoms with Crippen LogP contribution in [-0.4, -0.2) is 18.7 Å². The third-order valence-corrected chi connectivity index (χ3v) is 5.48. The number of benzene rings is 2. The largest absolute Gasteiger partial charge is 0.496 e. The average Bonchev–Trinajstić information content (AvgIpc) is 3.46. The zero-order valence-corrected chi connectivity index (χ0v) is 17.7. The molecule has 2 unspecified atom stereocenters. The molecule has 0 bridgehead atoms. The van der Waals surface area contributed by atoms with Gasteiger partial charge in [0.15, 0.2) is 0 Å². The number of hydrogen-bond donors (Lipinski definition) is 1. The predicted molar refractivity (Wildman–Crippen MR) is 114 cm³/mol. The van der Waals surface area contributed by atoms with E-state index in [1.165, 1.54) is 11.1 Å². The van der Waals surface area contributed by atoms with Gasteiger partial charge in [0, 0.05) is 5.92 Å². The van der Waals surface area contributed by atoms with Crippen LogP contribution < -0.4 is 10.2 Å². The van der Waals surface area contributed by atoms with E-state index in [9.17, 15) is 4.79 Å². The highest BCUT2D eigenvalue weighted by Gasteiger charge is 2.44. The summed E-state index contributed by atoms with van der Waals surface area (Å²) in [5, 5.41) is 4.30. The van der Waals surface area contributed by atoms with E-state index in [0.717, 1.165) is 29.0 Å². The molecule has 4 heteroatoms. The minimum Gasteiger partial charge on any atom is -0.496 e. The van der Waals surface area contributed by atoms with Crippen molar-refractivity contribution in [2.75, 3.05) is 7.11 Å². The van der Waals surface area contributed by atoms with Crippen LogP contribution in [0.15, 0.2) is 47.6 Å². The van der Waals surface area contributed by atoms with Gasteiger partial charge in [-0.05, 0) is 72.1 Å². The summed E-state index contributed by atoms with van der Waals surface area (Å²) in [5.41, 5.74) is 8.24. The highest BCUT2D eigenvalue weighted by Crippen LogP contribution is 2.47. The van der Waals surface area contributed by atoms with Crippen molar-refractivity contribution in [3.8, 4) is 5.75 Å². The van der Waals surface area contributed by atoms with Crippen LogP contribution in [-0.2, 0) is 10.2 Å². The summed E-state index contributed by atoms with van der Waals surface area (Å²) in [5.74, 6) is 1.15. The number of nitrogens with one attached hydrogen (secondary N) is 1. The number of methoxy groups -OCH3 is 1. The first-order valence-electron chi connectivity index (χ1n) is 9.80. The van der Waals surface area contributed by atoms with Crippen molar-refractivity contribution in [3.63, 3.8) is 0 Å². The SMILES string of the molecule is COc1ccc(/C(C)=N\NC(=O)C2CC2c2ccc(C(C)(C)C)cc2)cc1C. The molecule has 1 fully saturated rings. The fraction of sp³-hybridized carbons (Fsp3) is 0.417. The van der Waals surface area contributed by atoms with Gasteiger partial charge in [-0.25, -0.2) is 5.43 Å². The van der Waals surface area contributed by atoms with Gasteiger partial charge in [-0.1, -0.05) is 45.0 Å². The Morgan fingerprint density at radius 1 is 1.14 bits per heavy atom. The Morgan fingerprint density at radius 2 is 1.82 bits per heavy atom. The molecule has 2 aromatic carbocycles. The van der Waals surface area contributed by atoms with Gasteiger partial charge in [0.05, 0.1) is 12.8 Å². The molecule has 0 aromatic heterocycles. The molecule has 1 saturated carbocycles. The van der Waals surface area contributed by atoms with E-state index in [0.29, 0.717) is 5.92 Å². The summed E-state index contributed by atoms with van der Waals surface area (Å²) in [6, 6.07) is 14.6. The first-order valence-corrected chi connectivity index (χ1v) is 9.80. The van der Waals surface area contributed by atoms with Crippen LogP contribution >= 0.6 is 0 Å². The van der Waals surface area contributed by atoms with Crippen LogP contribution in [0.3, 0.4) is 0 Å². The minimum atomic E-state index is -0.00511. The molecule has 0 saturated heterocycles. The number of aryl methyl sites for hydroxylation is 1. The number of rotatable bonds is 5. The van der Waals surface area contributed by atoms with Crippen molar-refractivity contribution in [2.24, 2.45) is 11.0 Å². The molecule has 0 spiro atoms. The normalized spacial score (nSPS) is 19.3. The minimum absolute atomic E-state index is 0.00511. The van der Waals surface area contributed by atoms with Crippen LogP contribution in [0.2, 0.25) is 0 Å². The summed E-state index contributed by atoms with van der Waals surface area (Å²) >= 11 is 0. The summed E-state index contributed by atoms with van der Waals surface area (Å²) < 4.78 is 5.29. The Balaban J connectivity index is 1.60. The van der Waals surface area contributed by atoms with Crippen LogP contribution in [0.4, 0.5) is 0 Å². The van der Waals surface area contributed by atoms with Crippen molar-refractivity contribution in [3.05, 3.63) is 64.7 Å². The van der Waals surface area contributed by atoms with Gasteiger partial charge in [0.2, 0.25) is 5.91 Å². The van der Waals surface area contributed by atoms with E-state index in [1.54, 1.807) is 7.11 Å². The molecule has 0 aliphatic heterocycles. The molecule has 1 N–H and O–H groups in total. The second kappa shape index (κ2) is 7.78. The lowest BCUT2D eigenvalue weighted by Crippen LogP contribution is -2.21. The van der Waals surface area contributed by atoms with Gasteiger partial charge in [0.1, 0.15) is 5.75 Å². The maximum absolute atomic E-state index is 12.5. The molecule has 4 nitrogen and oxygen atoms in total. The lowest BCUT2D eigenvalue weighted by Gasteiger charge is -2.19. The number of carbonyl (C=O) groups is 1. The summed E-state index contributed by atoms with van der Waals surface area (Å²) in [6.07, 6.45) is 0.886. The quantitative estimate of drug-likeness (QED) is 0.591. The van der Waals surface area contributed by atoms with E-state index < -0.39 is 0 Å². The standard InChI is InChI=1S/C24H30N2O2/c1-15-13-18(9-12-22(15)28-6)16(2)25-26-23(27)21-14-20(21)17-7-10-19(11-8-17)24(3,4)5/h7-13,20-21H,14H2,1-6H3,(H,26,27)/b25-16-. The number of amides is 1. The number of hydrogen-bond acceptors (Lipinski definition) is 3. The molecular formula is C24H30N2O2. The molecule has 2 aromatic rings. The molecule has 1 aliphatic rings. The fourth-order valence-corrected chi connectivity index (χ4v) is 3.47. The Morgan fingerprint density at radius 3 is 2.39 bits per heavy atom. The van der Waals surface area contributed by atoms with Gasteiger partial charge in [-0.15, -0.1) is 0 Å². The molecule has 2 atom stereocenters. The number of hydrazone groups is 1. The monoisotopic (exact) mass is 378 g/mol. The Hall–Kier alpha value is -2.62. The van der Waals surface area contributed by atoms with Crippen LogP contribution in [0.25, 0.3) is 0 Å². The maximum Gasteiger partial charge on any atom is 0.243 e. The van der Waals surface area contributed by atoms with Crippen molar-refractivity contribution in [1.29, 1.82) is 0 Å². The Labute approximate surface area is 168 Å². The highest BCUT2D eigenvalue weighted by atomic mass is 16.5. The van der Waals surface area contributed by atoms with Crippen molar-refractivity contribution in [2.45, 2.75) is 52.4 Å². The maximum atomic E-state index is 12.5. The van der Waals surface area contributed by atoms with Gasteiger partial charge >= 0.3 is 0 Å². The zero-order valence-electron chi connectivity index (χ0n) is 17.7. The number of nitrogens with zero attached hydrogens (tertiary/aromatic N) is 1. The van der Waals surface area contributed by atoms with E-state index in [-0.39, 0.29) is 17.2 Å². The summed E-state index contributed by atoms with van der Waals surface area (Å²) in [6.45, 7) is 10.5. The van der Waals surface area contributed by atoms with Gasteiger partial charge < -0.3 is 4.74 Å². The first kappa shape index (κ1) is 20.1. The molecule has 1 aliphatic carbocycles. The van der Waals surface area contributed by atoms with Crippen molar-refractivity contribution in [1.82, 2.24) is 5.43 Å². The second-order valence-corrected chi connectivity index (χ2v) is 8.68. The molecule has 3 rings (SSSR count). The molecule has 1 amide bonds. The van der Waals surface area contributed by atoms with Crippen LogP contribution in [0.1, 0.15) is 62.3 Å². The topological polar surface area (TPSA) is 50.7 Å². The van der Waals surface area contributed by atoms with Crippen molar-refractivity contribution < 1.29 is 9.53 Å². The third-order valence-electron chi connectivity index (χ3n) is 5.48. The predicted octanol–water partition coefficient (Wildman–Crippen LogP) is 4.95. The van der Waals surface area contributed by atoms with E-state index in [4.69, 9.17) is 4.74 Å². The Kier molecular flexibility index (Phi) is 5.59. The lowest BCUT2D eigenvalue weighted by atomic mass is 9.86. The van der Waals surface area contributed by atoms with Gasteiger partial charge in [-0.2, -0.15) is 5.10 Å². The molecule has 0 heterocycles. The number of carbonyl (C=O) groups excluding carboxylic acids is 1. The molecular weight excluding hydrogens is 348 g/mol. The molecule has 148 valence electrons. The van der Waals surface area contributed by atoms with Crippen LogP contribution in [0.5, 0.6) is 5.75 Å². The molecule has 0 radical (unpaired) electrons. The number of ether oxygens (including phenoxy) is 1. The Bertz CT molecular complexity index is 892. The van der Waals surface area contributed by atoms with Crippen LogP contribution in [0, 0.1) is 12.8 Å². The second-order valence-electron chi connectivity index (χ2n) is 8.68. The average molecular weight is 379 g/mol. The lowest BCUT2D eigenvalue weighted by molar-refractivity contribution is -0.122. The summed E-state index contributed by atoms with van der Waals surface area (Å²) in [4.78, 5) is 12.5. The molecule has 28 heavy (non-hydrogen) atoms. The van der Waals surface area contributed by atoms with Gasteiger partial charge in [0.25, 0.3) is 0 Å². The van der Waals surface area contributed by atoms with Gasteiger partial charge in [-0.3, -0.25) is 4.79 Å². The third kappa shape index (κ3) is 4.44. The fourth-order valence-electron chi connectivity index (χ4n) is 3.47. The summed E-state index contributed by atoms with van der Waals surface area (Å²) in [7, 11) is 1.66. The smallest absolute Gasteiger partial charge is 0.243 e. The highest BCUT2D eigenvalue weighted by molar-refractivity contribution is 5.99. The zero-order chi connectivity index (χ0) is 20.5. The van der Waals surface area contributed by atoms with E-state index in [2.05, 4.69) is 55.6 Å². The van der Waals surface area contributed by atoms with E-state index >= 15 is 0 Å².